The predicted molar refractivity (Wildman–Crippen MR) is 167 cm³/mol. The Balaban J connectivity index is 1.49. The van der Waals surface area contributed by atoms with Gasteiger partial charge in [-0.2, -0.15) is 0 Å². The lowest BCUT2D eigenvalue weighted by molar-refractivity contribution is 0.0870. The summed E-state index contributed by atoms with van der Waals surface area (Å²) >= 11 is 5.77. The lowest BCUT2D eigenvalue weighted by Crippen LogP contribution is -2.57. The van der Waals surface area contributed by atoms with Gasteiger partial charge in [0.1, 0.15) is 12.4 Å². The van der Waals surface area contributed by atoms with E-state index in [-0.39, 0.29) is 23.2 Å². The number of methoxy groups -OCH3 is 2. The summed E-state index contributed by atoms with van der Waals surface area (Å²) in [5.74, 6) is 0.898. The Kier molecular flexibility index (Phi) is 7.84. The minimum Gasteiger partial charge on any atom is -0.493 e. The fourth-order valence-corrected chi connectivity index (χ4v) is 6.45. The van der Waals surface area contributed by atoms with E-state index in [9.17, 15) is 4.79 Å². The molecule has 2 aliphatic rings. The first-order chi connectivity index (χ1) is 20.5. The topological polar surface area (TPSA) is 69.1 Å². The van der Waals surface area contributed by atoms with Crippen molar-refractivity contribution in [1.29, 1.82) is 0 Å². The van der Waals surface area contributed by atoms with Gasteiger partial charge in [-0.3, -0.25) is 9.36 Å². The van der Waals surface area contributed by atoms with Crippen LogP contribution < -0.4 is 19.3 Å². The first-order valence-electron chi connectivity index (χ1n) is 14.2. The fraction of sp³-hybridized carbons (Fsp3) is 0.303. The summed E-state index contributed by atoms with van der Waals surface area (Å²) in [5, 5.41) is 0.287. The molecule has 3 aromatic carbocycles. The Bertz CT molecular complexity index is 1590. The molecule has 0 fully saturated rings. The lowest BCUT2D eigenvalue weighted by Gasteiger charge is -2.49. The van der Waals surface area contributed by atoms with E-state index in [1.54, 1.807) is 55.7 Å². The van der Waals surface area contributed by atoms with Crippen LogP contribution in [0.3, 0.4) is 0 Å². The molecule has 3 heterocycles. The van der Waals surface area contributed by atoms with Gasteiger partial charge in [0.25, 0.3) is 11.1 Å². The number of anilines is 2. The molecule has 0 N–H and O–H groups in total. The first-order valence-corrected chi connectivity index (χ1v) is 14.6. The van der Waals surface area contributed by atoms with Crippen LogP contribution in [0.2, 0.25) is 0 Å². The molecule has 2 aliphatic heterocycles. The van der Waals surface area contributed by atoms with Gasteiger partial charge < -0.3 is 24.0 Å². The van der Waals surface area contributed by atoms with E-state index in [4.69, 9.17) is 26.4 Å². The fourth-order valence-electron chi connectivity index (χ4n) is 6.23. The summed E-state index contributed by atoms with van der Waals surface area (Å²) in [6.45, 7) is 2.90. The highest BCUT2D eigenvalue weighted by Gasteiger charge is 2.46. The van der Waals surface area contributed by atoms with Crippen LogP contribution in [0.1, 0.15) is 47.3 Å². The number of hydrogen-bond acceptors (Lipinski definition) is 7. The molecular formula is C33H34N4O4S. The van der Waals surface area contributed by atoms with Crippen LogP contribution in [0.25, 0.3) is 0 Å². The van der Waals surface area contributed by atoms with Crippen molar-refractivity contribution in [1.82, 2.24) is 9.55 Å². The molecule has 0 saturated heterocycles. The number of benzene rings is 3. The Morgan fingerprint density at radius 2 is 1.71 bits per heavy atom. The van der Waals surface area contributed by atoms with E-state index in [2.05, 4.69) is 40.2 Å². The van der Waals surface area contributed by atoms with E-state index in [0.29, 0.717) is 17.1 Å². The second kappa shape index (κ2) is 11.9. The molecule has 0 radical (unpaired) electrons. The number of aromatic nitrogens is 2. The number of amides is 1. The van der Waals surface area contributed by atoms with Crippen molar-refractivity contribution < 1.29 is 19.0 Å². The third kappa shape index (κ3) is 4.98. The lowest BCUT2D eigenvalue weighted by atomic mass is 9.86. The smallest absolute Gasteiger partial charge is 0.269 e. The zero-order valence-corrected chi connectivity index (χ0v) is 24.8. The Labute approximate surface area is 251 Å². The number of aryl methyl sites for hydroxylation is 1. The second-order valence-corrected chi connectivity index (χ2v) is 10.9. The summed E-state index contributed by atoms with van der Waals surface area (Å²) in [6, 6.07) is 21.4. The Morgan fingerprint density at radius 3 is 2.48 bits per heavy atom. The zero-order valence-electron chi connectivity index (χ0n) is 24.0. The molecule has 1 amide bonds. The third-order valence-electron chi connectivity index (χ3n) is 8.24. The molecule has 8 nitrogen and oxygen atoms in total. The number of ether oxygens (including phenoxy) is 3. The maximum absolute atomic E-state index is 14.3. The molecule has 0 spiro atoms. The van der Waals surface area contributed by atoms with Crippen molar-refractivity contribution in [3.8, 4) is 11.5 Å². The summed E-state index contributed by atoms with van der Waals surface area (Å²) < 4.78 is 19.3. The molecule has 42 heavy (non-hydrogen) atoms. The molecular weight excluding hydrogens is 548 g/mol. The van der Waals surface area contributed by atoms with Crippen LogP contribution in [0.5, 0.6) is 11.5 Å². The monoisotopic (exact) mass is 582 g/mol. The van der Waals surface area contributed by atoms with Gasteiger partial charge in [-0.15, -0.1) is 0 Å². The number of nitrogens with zero attached hydrogens (tertiary/aromatic N) is 4. The highest BCUT2D eigenvalue weighted by Crippen LogP contribution is 2.46. The molecule has 4 aromatic rings. The maximum Gasteiger partial charge on any atom is 0.269 e. The standard InChI is InChI=1S/C33H34N4O4S/c1-22-31(41-33(42)35-19-17-34-21-35)30(36-18-9-8-11-23-10-4-6-13-26(23)36)25-12-5-7-14-27(25)37(22)32(38)24-15-16-28(39-2)29(20-24)40-3/h4-7,10,12-17,19-22,30-31H,8-9,11,18H2,1-3H3. The van der Waals surface area contributed by atoms with Crippen molar-refractivity contribution >= 4 is 34.7 Å². The van der Waals surface area contributed by atoms with Gasteiger partial charge in [-0.25, -0.2) is 4.98 Å². The Hall–Kier alpha value is -4.37. The van der Waals surface area contributed by atoms with Crippen molar-refractivity contribution in [2.45, 2.75) is 44.4 Å². The van der Waals surface area contributed by atoms with Crippen molar-refractivity contribution in [3.63, 3.8) is 0 Å². The summed E-state index contributed by atoms with van der Waals surface area (Å²) in [7, 11) is 3.14. The minimum absolute atomic E-state index is 0.159. The van der Waals surface area contributed by atoms with Gasteiger partial charge in [0.05, 0.1) is 26.3 Å². The number of imidazole rings is 1. The number of carbonyl (C=O) groups excluding carboxylic acids is 1. The zero-order chi connectivity index (χ0) is 29.2. The van der Waals surface area contributed by atoms with Gasteiger partial charge >= 0.3 is 0 Å². The van der Waals surface area contributed by atoms with E-state index in [0.717, 1.165) is 37.1 Å². The molecule has 6 rings (SSSR count). The van der Waals surface area contributed by atoms with Crippen LogP contribution in [-0.4, -0.2) is 53.5 Å². The van der Waals surface area contributed by atoms with Crippen LogP contribution in [0.15, 0.2) is 85.5 Å². The molecule has 3 atom stereocenters. The van der Waals surface area contributed by atoms with Gasteiger partial charge in [0.15, 0.2) is 11.5 Å². The molecule has 216 valence electrons. The molecule has 1 aromatic heterocycles. The summed E-state index contributed by atoms with van der Waals surface area (Å²) in [6.07, 6.45) is 7.78. The molecule has 0 saturated carbocycles. The number of carbonyl (C=O) groups is 1. The molecule has 3 unspecified atom stereocenters. The molecule has 0 bridgehead atoms. The van der Waals surface area contributed by atoms with E-state index in [1.807, 2.05) is 30.0 Å². The largest absolute Gasteiger partial charge is 0.493 e. The SMILES string of the molecule is COc1ccc(C(=O)N2c3ccccc3C(N3CCCCc4ccccc43)C(OC(=S)n3ccnc3)C2C)cc1OC. The second-order valence-electron chi connectivity index (χ2n) is 10.6. The van der Waals surface area contributed by atoms with E-state index < -0.39 is 6.10 Å². The van der Waals surface area contributed by atoms with Crippen molar-refractivity contribution in [2.24, 2.45) is 0 Å². The number of hydrogen-bond donors (Lipinski definition) is 0. The van der Waals surface area contributed by atoms with Crippen LogP contribution in [-0.2, 0) is 11.2 Å². The normalized spacial score (nSPS) is 19.7. The number of thiocarbonyl (C=S) groups is 1. The number of para-hydroxylation sites is 2. The van der Waals surface area contributed by atoms with Gasteiger partial charge in [-0.05, 0) is 74.3 Å². The summed E-state index contributed by atoms with van der Waals surface area (Å²) in [4.78, 5) is 22.8. The average molecular weight is 583 g/mol. The van der Waals surface area contributed by atoms with Crippen molar-refractivity contribution in [3.05, 3.63) is 102 Å². The van der Waals surface area contributed by atoms with Crippen LogP contribution in [0.4, 0.5) is 11.4 Å². The maximum atomic E-state index is 14.3. The van der Waals surface area contributed by atoms with Crippen LogP contribution >= 0.6 is 12.2 Å². The van der Waals surface area contributed by atoms with Gasteiger partial charge in [-0.1, -0.05) is 36.4 Å². The molecule has 0 aliphatic carbocycles. The summed E-state index contributed by atoms with van der Waals surface area (Å²) in [5.41, 5.74) is 4.87. The number of fused-ring (bicyclic) bond motifs is 2. The van der Waals surface area contributed by atoms with Crippen molar-refractivity contribution in [2.75, 3.05) is 30.6 Å². The Morgan fingerprint density at radius 1 is 0.952 bits per heavy atom. The van der Waals surface area contributed by atoms with Gasteiger partial charge in [0.2, 0.25) is 0 Å². The minimum atomic E-state index is -0.481. The van der Waals surface area contributed by atoms with Gasteiger partial charge in [0, 0.05) is 41.4 Å². The molecule has 9 heteroatoms. The number of rotatable bonds is 5. The third-order valence-corrected chi connectivity index (χ3v) is 8.55. The highest BCUT2D eigenvalue weighted by molar-refractivity contribution is 7.80. The highest BCUT2D eigenvalue weighted by atomic mass is 32.1. The quantitative estimate of drug-likeness (QED) is 0.265. The average Bonchev–Trinajstić information content (AvgIpc) is 3.49. The van der Waals surface area contributed by atoms with Crippen LogP contribution in [0, 0.1) is 0 Å². The first kappa shape index (κ1) is 27.8. The van der Waals surface area contributed by atoms with E-state index in [1.165, 1.54) is 11.3 Å². The van der Waals surface area contributed by atoms with E-state index >= 15 is 0 Å². The predicted octanol–water partition coefficient (Wildman–Crippen LogP) is 6.05.